The van der Waals surface area contributed by atoms with Crippen molar-refractivity contribution < 1.29 is 19.1 Å². The second-order valence-electron chi connectivity index (χ2n) is 7.46. The minimum absolute atomic E-state index is 0.157. The van der Waals surface area contributed by atoms with E-state index in [-0.39, 0.29) is 11.7 Å². The Morgan fingerprint density at radius 2 is 2.16 bits per heavy atom. The number of furan rings is 1. The molecule has 0 bridgehead atoms. The molecule has 164 valence electrons. The topological polar surface area (TPSA) is 106 Å². The number of ether oxygens (including phenoxy) is 1. The number of benzene rings is 1. The Bertz CT molecular complexity index is 1020. The number of carbonyl (C=O) groups is 1. The van der Waals surface area contributed by atoms with E-state index in [0.717, 1.165) is 49.8 Å². The summed E-state index contributed by atoms with van der Waals surface area (Å²) in [4.78, 5) is 14.4. The van der Waals surface area contributed by atoms with Gasteiger partial charge in [0.15, 0.2) is 11.5 Å². The van der Waals surface area contributed by atoms with Crippen LogP contribution in [0.25, 0.3) is 0 Å². The number of phenolic OH excluding ortho intramolecular Hbond substituents is 1. The van der Waals surface area contributed by atoms with Gasteiger partial charge >= 0.3 is 0 Å². The lowest BCUT2D eigenvalue weighted by molar-refractivity contribution is 0.0953. The number of fused-ring (bicyclic) bond motifs is 1. The van der Waals surface area contributed by atoms with Gasteiger partial charge in [0.2, 0.25) is 0 Å². The van der Waals surface area contributed by atoms with Crippen LogP contribution in [0.1, 0.15) is 34.5 Å². The van der Waals surface area contributed by atoms with Crippen molar-refractivity contribution in [2.75, 3.05) is 26.2 Å². The van der Waals surface area contributed by atoms with Gasteiger partial charge in [-0.1, -0.05) is 6.07 Å². The molecule has 2 aromatic heterocycles. The predicted molar refractivity (Wildman–Crippen MR) is 113 cm³/mol. The summed E-state index contributed by atoms with van der Waals surface area (Å²) < 4.78 is 12.6. The fourth-order valence-electron chi connectivity index (χ4n) is 3.74. The number of aromatic nitrogens is 3. The maximum absolute atomic E-state index is 12.0. The molecule has 1 aliphatic heterocycles. The highest BCUT2D eigenvalue weighted by Gasteiger charge is 2.19. The molecule has 0 saturated heterocycles. The number of rotatable bonds is 8. The summed E-state index contributed by atoms with van der Waals surface area (Å²) in [6.45, 7) is 6.21. The van der Waals surface area contributed by atoms with E-state index >= 15 is 0 Å². The maximum atomic E-state index is 12.0. The van der Waals surface area contributed by atoms with Gasteiger partial charge in [-0.25, -0.2) is 0 Å². The van der Waals surface area contributed by atoms with E-state index in [1.807, 2.05) is 19.1 Å². The summed E-state index contributed by atoms with van der Waals surface area (Å²) in [5.41, 5.74) is 1.61. The standard InChI is InChI=1S/C22H27N5O4/c1-2-31-19-13-16(3-4-18(19)28)14-26-9-6-21-25-24-20(27(21)11-10-26)5-8-23-22(29)17-7-12-30-15-17/h3-4,7,12-13,15,28H,2,5-6,8-11,14H2,1H3,(H,23,29). The summed E-state index contributed by atoms with van der Waals surface area (Å²) in [5, 5.41) is 21.5. The average Bonchev–Trinajstić information content (AvgIpc) is 3.39. The van der Waals surface area contributed by atoms with Gasteiger partial charge in [0, 0.05) is 45.6 Å². The molecule has 2 N–H and O–H groups in total. The predicted octanol–water partition coefficient (Wildman–Crippen LogP) is 2.01. The molecule has 0 radical (unpaired) electrons. The molecule has 0 unspecified atom stereocenters. The van der Waals surface area contributed by atoms with Crippen LogP contribution in [-0.4, -0.2) is 56.9 Å². The molecule has 4 rings (SSSR count). The van der Waals surface area contributed by atoms with E-state index in [2.05, 4.69) is 25.0 Å². The highest BCUT2D eigenvalue weighted by atomic mass is 16.5. The Morgan fingerprint density at radius 1 is 1.26 bits per heavy atom. The summed E-state index contributed by atoms with van der Waals surface area (Å²) in [6, 6.07) is 7.15. The van der Waals surface area contributed by atoms with Crippen molar-refractivity contribution in [2.24, 2.45) is 0 Å². The number of nitrogens with one attached hydrogen (secondary N) is 1. The number of amides is 1. The summed E-state index contributed by atoms with van der Waals surface area (Å²) >= 11 is 0. The van der Waals surface area contributed by atoms with Crippen molar-refractivity contribution in [1.82, 2.24) is 25.0 Å². The summed E-state index contributed by atoms with van der Waals surface area (Å²) in [6.07, 6.45) is 4.34. The normalized spacial score (nSPS) is 14.1. The lowest BCUT2D eigenvalue weighted by Crippen LogP contribution is -2.28. The lowest BCUT2D eigenvalue weighted by atomic mass is 10.2. The van der Waals surface area contributed by atoms with Crippen LogP contribution in [0.4, 0.5) is 0 Å². The smallest absolute Gasteiger partial charge is 0.254 e. The molecule has 1 amide bonds. The Morgan fingerprint density at radius 3 is 2.97 bits per heavy atom. The number of hydrogen-bond donors (Lipinski definition) is 2. The molecule has 3 heterocycles. The van der Waals surface area contributed by atoms with Gasteiger partial charge in [-0.3, -0.25) is 9.69 Å². The van der Waals surface area contributed by atoms with Crippen LogP contribution in [0.15, 0.2) is 41.2 Å². The van der Waals surface area contributed by atoms with Crippen LogP contribution >= 0.6 is 0 Å². The first kappa shape index (κ1) is 20.9. The number of hydrogen-bond acceptors (Lipinski definition) is 7. The van der Waals surface area contributed by atoms with Crippen LogP contribution < -0.4 is 10.1 Å². The Kier molecular flexibility index (Phi) is 6.51. The van der Waals surface area contributed by atoms with E-state index in [4.69, 9.17) is 9.15 Å². The first-order valence-corrected chi connectivity index (χ1v) is 10.5. The number of phenols is 1. The van der Waals surface area contributed by atoms with Gasteiger partial charge in [0.25, 0.3) is 5.91 Å². The molecular formula is C22H27N5O4. The van der Waals surface area contributed by atoms with Gasteiger partial charge in [0.05, 0.1) is 18.4 Å². The van der Waals surface area contributed by atoms with Crippen molar-refractivity contribution in [1.29, 1.82) is 0 Å². The molecule has 3 aromatic rings. The minimum Gasteiger partial charge on any atom is -0.504 e. The third-order valence-corrected chi connectivity index (χ3v) is 5.34. The molecule has 0 atom stereocenters. The fourth-order valence-corrected chi connectivity index (χ4v) is 3.74. The van der Waals surface area contributed by atoms with Gasteiger partial charge < -0.3 is 24.1 Å². The highest BCUT2D eigenvalue weighted by Crippen LogP contribution is 2.27. The molecule has 0 fully saturated rings. The molecule has 9 nitrogen and oxygen atoms in total. The quantitative estimate of drug-likeness (QED) is 0.569. The van der Waals surface area contributed by atoms with Crippen LogP contribution in [0.5, 0.6) is 11.5 Å². The van der Waals surface area contributed by atoms with E-state index < -0.39 is 0 Å². The van der Waals surface area contributed by atoms with Crippen LogP contribution in [-0.2, 0) is 25.9 Å². The third kappa shape index (κ3) is 5.05. The summed E-state index contributed by atoms with van der Waals surface area (Å²) in [5.74, 6) is 2.38. The van der Waals surface area contributed by atoms with Gasteiger partial charge in [0.1, 0.15) is 17.9 Å². The second kappa shape index (κ2) is 9.65. The first-order chi connectivity index (χ1) is 15.1. The van der Waals surface area contributed by atoms with Crippen LogP contribution in [0, 0.1) is 0 Å². The SMILES string of the molecule is CCOc1cc(CN2CCc3nnc(CCNC(=O)c4ccoc4)n3CC2)ccc1O. The van der Waals surface area contributed by atoms with Crippen molar-refractivity contribution in [3.8, 4) is 11.5 Å². The highest BCUT2D eigenvalue weighted by molar-refractivity contribution is 5.93. The first-order valence-electron chi connectivity index (χ1n) is 10.5. The number of nitrogens with zero attached hydrogens (tertiary/aromatic N) is 4. The Hall–Kier alpha value is -3.33. The number of carbonyl (C=O) groups excluding carboxylic acids is 1. The minimum atomic E-state index is -0.157. The maximum Gasteiger partial charge on any atom is 0.254 e. The molecule has 9 heteroatoms. The summed E-state index contributed by atoms with van der Waals surface area (Å²) in [7, 11) is 0. The van der Waals surface area contributed by atoms with E-state index in [0.29, 0.717) is 30.9 Å². The van der Waals surface area contributed by atoms with E-state index in [1.165, 1.54) is 12.5 Å². The van der Waals surface area contributed by atoms with Crippen molar-refractivity contribution in [2.45, 2.75) is 32.9 Å². The Labute approximate surface area is 180 Å². The molecule has 1 aliphatic rings. The molecule has 1 aromatic carbocycles. The fraction of sp³-hybridized carbons (Fsp3) is 0.409. The lowest BCUT2D eigenvalue weighted by Gasteiger charge is -2.20. The molecular weight excluding hydrogens is 398 g/mol. The van der Waals surface area contributed by atoms with Crippen LogP contribution in [0.3, 0.4) is 0 Å². The van der Waals surface area contributed by atoms with Crippen molar-refractivity contribution in [3.05, 3.63) is 59.6 Å². The zero-order valence-electron chi connectivity index (χ0n) is 17.6. The molecule has 0 aliphatic carbocycles. The monoisotopic (exact) mass is 425 g/mol. The largest absolute Gasteiger partial charge is 0.504 e. The van der Waals surface area contributed by atoms with Gasteiger partial charge in [-0.05, 0) is 30.7 Å². The van der Waals surface area contributed by atoms with E-state index in [9.17, 15) is 9.90 Å². The number of aromatic hydroxyl groups is 1. The van der Waals surface area contributed by atoms with E-state index in [1.54, 1.807) is 12.1 Å². The molecule has 31 heavy (non-hydrogen) atoms. The third-order valence-electron chi connectivity index (χ3n) is 5.34. The zero-order valence-corrected chi connectivity index (χ0v) is 17.6. The van der Waals surface area contributed by atoms with Crippen molar-refractivity contribution >= 4 is 5.91 Å². The van der Waals surface area contributed by atoms with Crippen LogP contribution in [0.2, 0.25) is 0 Å². The zero-order chi connectivity index (χ0) is 21.6. The van der Waals surface area contributed by atoms with Gasteiger partial charge in [-0.15, -0.1) is 10.2 Å². The van der Waals surface area contributed by atoms with Gasteiger partial charge in [-0.2, -0.15) is 0 Å². The second-order valence-corrected chi connectivity index (χ2v) is 7.46. The van der Waals surface area contributed by atoms with Crippen molar-refractivity contribution in [3.63, 3.8) is 0 Å². The molecule has 0 spiro atoms. The molecule has 0 saturated carbocycles. The Balaban J connectivity index is 1.32. The average molecular weight is 425 g/mol.